The summed E-state index contributed by atoms with van der Waals surface area (Å²) in [6.07, 6.45) is 5.37. The molecule has 6 heteroatoms. The molecule has 2 fully saturated rings. The van der Waals surface area contributed by atoms with Crippen molar-refractivity contribution >= 4 is 23.2 Å². The number of anilines is 2. The molecule has 142 valence electrons. The minimum Gasteiger partial charge on any atom is -0.372 e. The molecule has 0 aliphatic carbocycles. The number of likely N-dealkylation sites (tertiary alicyclic amines) is 1. The third-order valence-electron chi connectivity index (χ3n) is 5.89. The van der Waals surface area contributed by atoms with E-state index >= 15 is 0 Å². The van der Waals surface area contributed by atoms with Gasteiger partial charge in [0.15, 0.2) is 6.04 Å². The van der Waals surface area contributed by atoms with Gasteiger partial charge in [-0.25, -0.2) is 0 Å². The second kappa shape index (κ2) is 8.54. The van der Waals surface area contributed by atoms with Crippen LogP contribution in [0.2, 0.25) is 0 Å². The van der Waals surface area contributed by atoms with Gasteiger partial charge >= 0.3 is 0 Å². The maximum Gasteiger partial charge on any atom is 0.282 e. The van der Waals surface area contributed by atoms with Crippen molar-refractivity contribution in [3.63, 3.8) is 0 Å². The molecule has 0 unspecified atom stereocenters. The number of quaternary nitrogens is 1. The smallest absolute Gasteiger partial charge is 0.282 e. The SMILES string of the molecule is C[C@@H](C(=O)Nc1ccc(N2CCCCC2)cc1)[NH+]1CCC(C(N)=O)CC1. The lowest BCUT2D eigenvalue weighted by atomic mass is 9.95. The highest BCUT2D eigenvalue weighted by Gasteiger charge is 2.32. The van der Waals surface area contributed by atoms with Crippen molar-refractivity contribution in [3.8, 4) is 0 Å². The zero-order valence-corrected chi connectivity index (χ0v) is 15.7. The molecule has 0 bridgehead atoms. The Kier molecular flexibility index (Phi) is 6.14. The summed E-state index contributed by atoms with van der Waals surface area (Å²) < 4.78 is 0. The molecule has 2 heterocycles. The molecule has 0 spiro atoms. The zero-order chi connectivity index (χ0) is 18.5. The number of carbonyl (C=O) groups excluding carboxylic acids is 2. The van der Waals surface area contributed by atoms with Crippen LogP contribution in [0.4, 0.5) is 11.4 Å². The fraction of sp³-hybridized carbons (Fsp3) is 0.600. The highest BCUT2D eigenvalue weighted by Crippen LogP contribution is 2.21. The van der Waals surface area contributed by atoms with Gasteiger partial charge in [-0.15, -0.1) is 0 Å². The lowest BCUT2D eigenvalue weighted by Crippen LogP contribution is -3.17. The van der Waals surface area contributed by atoms with Crippen molar-refractivity contribution in [2.75, 3.05) is 36.4 Å². The van der Waals surface area contributed by atoms with Crippen LogP contribution < -0.4 is 20.9 Å². The van der Waals surface area contributed by atoms with Crippen LogP contribution in [0.3, 0.4) is 0 Å². The van der Waals surface area contributed by atoms with Gasteiger partial charge in [-0.1, -0.05) is 0 Å². The number of hydrogen-bond acceptors (Lipinski definition) is 3. The number of benzene rings is 1. The van der Waals surface area contributed by atoms with E-state index in [1.165, 1.54) is 29.8 Å². The molecule has 3 rings (SSSR count). The lowest BCUT2D eigenvalue weighted by Gasteiger charge is -2.31. The van der Waals surface area contributed by atoms with Crippen molar-refractivity contribution in [1.29, 1.82) is 0 Å². The largest absolute Gasteiger partial charge is 0.372 e. The quantitative estimate of drug-likeness (QED) is 0.727. The van der Waals surface area contributed by atoms with E-state index in [0.29, 0.717) is 0 Å². The predicted octanol–water partition coefficient (Wildman–Crippen LogP) is 0.784. The van der Waals surface area contributed by atoms with E-state index in [1.807, 2.05) is 19.1 Å². The van der Waals surface area contributed by atoms with Crippen molar-refractivity contribution in [3.05, 3.63) is 24.3 Å². The molecule has 0 saturated carbocycles. The molecule has 2 saturated heterocycles. The van der Waals surface area contributed by atoms with Crippen LogP contribution in [0.5, 0.6) is 0 Å². The average molecular weight is 359 g/mol. The molecule has 1 aromatic carbocycles. The van der Waals surface area contributed by atoms with E-state index in [1.54, 1.807) is 0 Å². The third-order valence-corrected chi connectivity index (χ3v) is 5.89. The number of amides is 2. The van der Waals surface area contributed by atoms with E-state index in [-0.39, 0.29) is 23.8 Å². The van der Waals surface area contributed by atoms with Crippen LogP contribution >= 0.6 is 0 Å². The van der Waals surface area contributed by atoms with Crippen LogP contribution in [-0.4, -0.2) is 44.0 Å². The zero-order valence-electron chi connectivity index (χ0n) is 15.7. The first-order valence-electron chi connectivity index (χ1n) is 9.84. The highest BCUT2D eigenvalue weighted by atomic mass is 16.2. The fourth-order valence-corrected chi connectivity index (χ4v) is 4.05. The van der Waals surface area contributed by atoms with Crippen LogP contribution in [0.15, 0.2) is 24.3 Å². The van der Waals surface area contributed by atoms with E-state index in [0.717, 1.165) is 44.7 Å². The van der Waals surface area contributed by atoms with Gasteiger partial charge in [0.25, 0.3) is 5.91 Å². The number of nitrogens with two attached hydrogens (primary N) is 1. The minimum atomic E-state index is -0.213. The van der Waals surface area contributed by atoms with Gasteiger partial charge in [-0.3, -0.25) is 9.59 Å². The van der Waals surface area contributed by atoms with Crippen LogP contribution in [0.1, 0.15) is 39.0 Å². The first-order valence-corrected chi connectivity index (χ1v) is 9.84. The lowest BCUT2D eigenvalue weighted by molar-refractivity contribution is -0.919. The monoisotopic (exact) mass is 359 g/mol. The van der Waals surface area contributed by atoms with Crippen molar-refractivity contribution in [2.24, 2.45) is 11.7 Å². The summed E-state index contributed by atoms with van der Waals surface area (Å²) in [5.74, 6) is -0.213. The fourth-order valence-electron chi connectivity index (χ4n) is 4.05. The maximum absolute atomic E-state index is 12.6. The van der Waals surface area contributed by atoms with Gasteiger partial charge in [0, 0.05) is 43.2 Å². The molecular weight excluding hydrogens is 328 g/mol. The number of primary amides is 1. The topological polar surface area (TPSA) is 79.9 Å². The summed E-state index contributed by atoms with van der Waals surface area (Å²) in [7, 11) is 0. The Labute approximate surface area is 155 Å². The first kappa shape index (κ1) is 18.7. The summed E-state index contributed by atoms with van der Waals surface area (Å²) in [4.78, 5) is 27.5. The van der Waals surface area contributed by atoms with Gasteiger partial charge in [-0.2, -0.15) is 0 Å². The molecule has 0 radical (unpaired) electrons. The van der Waals surface area contributed by atoms with Crippen LogP contribution in [-0.2, 0) is 9.59 Å². The van der Waals surface area contributed by atoms with Crippen LogP contribution in [0.25, 0.3) is 0 Å². The second-order valence-electron chi connectivity index (χ2n) is 7.64. The summed E-state index contributed by atoms with van der Waals surface area (Å²) in [5.41, 5.74) is 7.46. The molecule has 26 heavy (non-hydrogen) atoms. The summed E-state index contributed by atoms with van der Waals surface area (Å²) in [5, 5.41) is 3.03. The predicted molar refractivity (Wildman–Crippen MR) is 103 cm³/mol. The summed E-state index contributed by atoms with van der Waals surface area (Å²) >= 11 is 0. The molecule has 2 aliphatic heterocycles. The van der Waals surface area contributed by atoms with E-state index in [4.69, 9.17) is 5.73 Å². The Bertz CT molecular complexity index is 617. The second-order valence-corrected chi connectivity index (χ2v) is 7.64. The van der Waals surface area contributed by atoms with Crippen molar-refractivity contribution in [1.82, 2.24) is 0 Å². The summed E-state index contributed by atoms with van der Waals surface area (Å²) in [6, 6.07) is 8.03. The van der Waals surface area contributed by atoms with Gasteiger partial charge in [-0.05, 0) is 50.5 Å². The number of nitrogens with one attached hydrogen (secondary N) is 2. The Balaban J connectivity index is 1.51. The molecule has 2 aliphatic rings. The summed E-state index contributed by atoms with van der Waals surface area (Å²) in [6.45, 7) is 5.82. The van der Waals surface area contributed by atoms with Crippen molar-refractivity contribution < 1.29 is 14.5 Å². The molecule has 1 aromatic rings. The van der Waals surface area contributed by atoms with Gasteiger partial charge in [0.2, 0.25) is 5.91 Å². The Morgan fingerprint density at radius 2 is 1.73 bits per heavy atom. The Morgan fingerprint density at radius 1 is 1.12 bits per heavy atom. The number of carbonyl (C=O) groups is 2. The van der Waals surface area contributed by atoms with Crippen LogP contribution in [0, 0.1) is 5.92 Å². The van der Waals surface area contributed by atoms with Gasteiger partial charge in [0.1, 0.15) is 0 Å². The van der Waals surface area contributed by atoms with Crippen molar-refractivity contribution in [2.45, 2.75) is 45.1 Å². The molecule has 1 atom stereocenters. The van der Waals surface area contributed by atoms with Gasteiger partial charge in [0.05, 0.1) is 13.1 Å². The van der Waals surface area contributed by atoms with E-state index < -0.39 is 0 Å². The molecule has 6 nitrogen and oxygen atoms in total. The standard InChI is InChI=1S/C20H30N4O2/c1-15(23-13-9-16(10-14-23)19(21)25)20(26)22-17-5-7-18(8-6-17)24-11-3-2-4-12-24/h5-8,15-16H,2-4,9-14H2,1H3,(H2,21,25)(H,22,26)/p+1/t15-/m0/s1. The Morgan fingerprint density at radius 3 is 2.31 bits per heavy atom. The van der Waals surface area contributed by atoms with E-state index in [9.17, 15) is 9.59 Å². The third kappa shape index (κ3) is 4.55. The molecule has 2 amide bonds. The highest BCUT2D eigenvalue weighted by molar-refractivity contribution is 5.93. The number of rotatable bonds is 5. The number of hydrogen-bond donors (Lipinski definition) is 3. The van der Waals surface area contributed by atoms with Gasteiger partial charge < -0.3 is 20.9 Å². The number of piperidine rings is 2. The van der Waals surface area contributed by atoms with E-state index in [2.05, 4.69) is 22.3 Å². The number of nitrogens with zero attached hydrogens (tertiary/aromatic N) is 1. The Hall–Kier alpha value is -2.08. The molecule has 0 aromatic heterocycles. The molecule has 4 N–H and O–H groups in total. The normalized spacial score (nSPS) is 24.7. The first-order chi connectivity index (χ1) is 12.5. The average Bonchev–Trinajstić information content (AvgIpc) is 2.68. The maximum atomic E-state index is 12.6. The molecular formula is C20H31N4O2+. The minimum absolute atomic E-state index is 0.0308.